The average Bonchev–Trinajstić information content (AvgIpc) is 2.40. The van der Waals surface area contributed by atoms with Gasteiger partial charge in [-0.3, -0.25) is 0 Å². The van der Waals surface area contributed by atoms with Crippen LogP contribution in [0, 0.1) is 17.4 Å². The summed E-state index contributed by atoms with van der Waals surface area (Å²) in [5.41, 5.74) is 4.83. The third-order valence-corrected chi connectivity index (χ3v) is 5.28. The quantitative estimate of drug-likeness (QED) is 0.581. The van der Waals surface area contributed by atoms with E-state index in [0.29, 0.717) is 0 Å². The van der Waals surface area contributed by atoms with Crippen molar-refractivity contribution in [2.75, 3.05) is 7.05 Å². The number of hydrogen-bond acceptors (Lipinski definition) is 1. The molecule has 106 valence electrons. The molecule has 0 saturated carbocycles. The molecule has 0 heterocycles. The summed E-state index contributed by atoms with van der Waals surface area (Å²) in [6.45, 7) is 4.20. The molecule has 2 aromatic rings. The van der Waals surface area contributed by atoms with E-state index in [9.17, 15) is 0 Å². The Hall–Kier alpha value is -0.100. The maximum absolute atomic E-state index is 6.46. The van der Waals surface area contributed by atoms with Crippen LogP contribution in [0.3, 0.4) is 0 Å². The molecule has 20 heavy (non-hydrogen) atoms. The van der Waals surface area contributed by atoms with Crippen molar-refractivity contribution < 1.29 is 0 Å². The van der Waals surface area contributed by atoms with E-state index in [1.807, 2.05) is 13.1 Å². The van der Waals surface area contributed by atoms with Gasteiger partial charge in [-0.25, -0.2) is 0 Å². The number of hydrogen-bond donors (Lipinski definition) is 1. The number of aryl methyl sites for hydroxylation is 2. The van der Waals surface area contributed by atoms with Gasteiger partial charge in [-0.1, -0.05) is 33.6 Å². The predicted octanol–water partition coefficient (Wildman–Crippen LogP) is 5.63. The van der Waals surface area contributed by atoms with Crippen LogP contribution >= 0.6 is 50.1 Å². The van der Waals surface area contributed by atoms with Gasteiger partial charge in [0.15, 0.2) is 0 Å². The lowest BCUT2D eigenvalue weighted by Gasteiger charge is -2.21. The number of rotatable bonds is 3. The first-order chi connectivity index (χ1) is 9.43. The molecule has 1 unspecified atom stereocenters. The highest BCUT2D eigenvalue weighted by Gasteiger charge is 2.18. The summed E-state index contributed by atoms with van der Waals surface area (Å²) in [5.74, 6) is 0. The topological polar surface area (TPSA) is 12.0 Å². The lowest BCUT2D eigenvalue weighted by molar-refractivity contribution is 0.687. The SMILES string of the molecule is CNC(c1cc(C)c(C)cc1Cl)c1cc(Br)ccc1I. The van der Waals surface area contributed by atoms with Crippen LogP contribution in [0.1, 0.15) is 28.3 Å². The Morgan fingerprint density at radius 3 is 2.40 bits per heavy atom. The lowest BCUT2D eigenvalue weighted by Crippen LogP contribution is -2.19. The van der Waals surface area contributed by atoms with Gasteiger partial charge in [0.05, 0.1) is 6.04 Å². The minimum Gasteiger partial charge on any atom is -0.309 e. The van der Waals surface area contributed by atoms with E-state index in [1.165, 1.54) is 20.3 Å². The monoisotopic (exact) mass is 463 g/mol. The van der Waals surface area contributed by atoms with Crippen molar-refractivity contribution in [3.05, 3.63) is 65.7 Å². The van der Waals surface area contributed by atoms with Crippen molar-refractivity contribution in [3.63, 3.8) is 0 Å². The predicted molar refractivity (Wildman–Crippen MR) is 98.7 cm³/mol. The Morgan fingerprint density at radius 2 is 1.75 bits per heavy atom. The Kier molecular flexibility index (Phi) is 5.51. The molecule has 0 aliphatic heterocycles. The van der Waals surface area contributed by atoms with Crippen LogP contribution < -0.4 is 5.32 Å². The molecule has 0 aliphatic rings. The molecule has 0 aromatic heterocycles. The fourth-order valence-electron chi connectivity index (χ4n) is 2.24. The zero-order chi connectivity index (χ0) is 14.9. The van der Waals surface area contributed by atoms with Gasteiger partial charge in [0.25, 0.3) is 0 Å². The van der Waals surface area contributed by atoms with E-state index in [0.717, 1.165) is 15.1 Å². The van der Waals surface area contributed by atoms with E-state index in [1.54, 1.807) is 0 Å². The summed E-state index contributed by atoms with van der Waals surface area (Å²) < 4.78 is 2.30. The van der Waals surface area contributed by atoms with Crippen LogP contribution in [0.5, 0.6) is 0 Å². The third-order valence-electron chi connectivity index (χ3n) is 3.48. The zero-order valence-electron chi connectivity index (χ0n) is 11.6. The van der Waals surface area contributed by atoms with Crippen LogP contribution in [0.4, 0.5) is 0 Å². The first-order valence-electron chi connectivity index (χ1n) is 6.33. The molecular formula is C16H16BrClIN. The third kappa shape index (κ3) is 3.38. The van der Waals surface area contributed by atoms with Gasteiger partial charge in [-0.2, -0.15) is 0 Å². The summed E-state index contributed by atoms with van der Waals surface area (Å²) in [5, 5.41) is 4.19. The van der Waals surface area contributed by atoms with E-state index in [4.69, 9.17) is 11.6 Å². The van der Waals surface area contributed by atoms with Gasteiger partial charge in [0.1, 0.15) is 0 Å². The average molecular weight is 465 g/mol. The second-order valence-corrected chi connectivity index (χ2v) is 7.33. The maximum Gasteiger partial charge on any atom is 0.0599 e. The first kappa shape index (κ1) is 16.3. The zero-order valence-corrected chi connectivity index (χ0v) is 16.1. The van der Waals surface area contributed by atoms with Crippen LogP contribution in [-0.4, -0.2) is 7.05 Å². The van der Waals surface area contributed by atoms with Crippen molar-refractivity contribution in [1.82, 2.24) is 5.32 Å². The summed E-state index contributed by atoms with van der Waals surface area (Å²) in [7, 11) is 1.97. The Balaban J connectivity index is 2.58. The molecule has 0 radical (unpaired) electrons. The summed E-state index contributed by atoms with van der Waals surface area (Å²) in [4.78, 5) is 0. The van der Waals surface area contributed by atoms with Gasteiger partial charge >= 0.3 is 0 Å². The first-order valence-corrected chi connectivity index (χ1v) is 8.58. The van der Waals surface area contributed by atoms with Gasteiger partial charge in [-0.05, 0) is 90.0 Å². The smallest absolute Gasteiger partial charge is 0.0599 e. The molecule has 2 aromatic carbocycles. The molecule has 2 rings (SSSR count). The minimum atomic E-state index is 0.0891. The van der Waals surface area contributed by atoms with Crippen molar-refractivity contribution in [2.24, 2.45) is 0 Å². The number of nitrogens with one attached hydrogen (secondary N) is 1. The normalized spacial score (nSPS) is 12.5. The molecule has 1 nitrogen and oxygen atoms in total. The van der Waals surface area contributed by atoms with Crippen molar-refractivity contribution >= 4 is 50.1 Å². The second-order valence-electron chi connectivity index (χ2n) is 4.85. The van der Waals surface area contributed by atoms with Crippen molar-refractivity contribution in [2.45, 2.75) is 19.9 Å². The van der Waals surface area contributed by atoms with E-state index in [2.05, 4.69) is 82.0 Å². The van der Waals surface area contributed by atoms with Crippen LogP contribution in [0.15, 0.2) is 34.8 Å². The standard InChI is InChI=1S/C16H16BrClIN/c1-9-6-12(14(18)7-10(9)2)16(20-3)13-8-11(17)4-5-15(13)19/h4-8,16,20H,1-3H3. The van der Waals surface area contributed by atoms with Gasteiger partial charge in [0.2, 0.25) is 0 Å². The van der Waals surface area contributed by atoms with Crippen LogP contribution in [0.25, 0.3) is 0 Å². The van der Waals surface area contributed by atoms with E-state index >= 15 is 0 Å². The molecule has 4 heteroatoms. The fraction of sp³-hybridized carbons (Fsp3) is 0.250. The molecule has 0 bridgehead atoms. The van der Waals surface area contributed by atoms with E-state index in [-0.39, 0.29) is 6.04 Å². The highest BCUT2D eigenvalue weighted by Crippen LogP contribution is 2.33. The Bertz CT molecular complexity index is 643. The number of halogens is 3. The van der Waals surface area contributed by atoms with Crippen LogP contribution in [-0.2, 0) is 0 Å². The Labute approximate surface area is 147 Å². The molecule has 0 fully saturated rings. The summed E-state index contributed by atoms with van der Waals surface area (Å²) in [6, 6.07) is 10.6. The summed E-state index contributed by atoms with van der Waals surface area (Å²) in [6.07, 6.45) is 0. The van der Waals surface area contributed by atoms with Gasteiger partial charge < -0.3 is 5.32 Å². The van der Waals surface area contributed by atoms with E-state index < -0.39 is 0 Å². The fourth-order valence-corrected chi connectivity index (χ4v) is 3.59. The molecule has 0 amide bonds. The van der Waals surface area contributed by atoms with Gasteiger partial charge in [-0.15, -0.1) is 0 Å². The largest absolute Gasteiger partial charge is 0.309 e. The molecular weight excluding hydrogens is 448 g/mol. The Morgan fingerprint density at radius 1 is 1.10 bits per heavy atom. The second kappa shape index (κ2) is 6.77. The lowest BCUT2D eigenvalue weighted by atomic mass is 9.95. The molecule has 1 atom stereocenters. The minimum absolute atomic E-state index is 0.0891. The maximum atomic E-state index is 6.46. The number of benzene rings is 2. The highest BCUT2D eigenvalue weighted by molar-refractivity contribution is 14.1. The van der Waals surface area contributed by atoms with Crippen molar-refractivity contribution in [1.29, 1.82) is 0 Å². The van der Waals surface area contributed by atoms with Gasteiger partial charge in [0, 0.05) is 13.1 Å². The highest BCUT2D eigenvalue weighted by atomic mass is 127. The molecule has 0 aliphatic carbocycles. The van der Waals surface area contributed by atoms with Crippen LogP contribution in [0.2, 0.25) is 5.02 Å². The molecule has 0 saturated heterocycles. The molecule has 1 N–H and O–H groups in total. The van der Waals surface area contributed by atoms with Crippen molar-refractivity contribution in [3.8, 4) is 0 Å². The summed E-state index contributed by atoms with van der Waals surface area (Å²) >= 11 is 12.4. The molecule has 0 spiro atoms.